The molecule has 1 aromatic carbocycles. The third-order valence-corrected chi connectivity index (χ3v) is 4.68. The fraction of sp³-hybridized carbons (Fsp3) is 0.200. The fourth-order valence-electron chi connectivity index (χ4n) is 1.94. The molecule has 2 aromatic heterocycles. The van der Waals surface area contributed by atoms with Crippen molar-refractivity contribution < 1.29 is 4.74 Å². The number of thiazole rings is 1. The number of aromatic nitrogens is 2. The molecular formula is C15H13BrN2OS. The van der Waals surface area contributed by atoms with Crippen LogP contribution in [-0.2, 0) is 11.9 Å². The van der Waals surface area contributed by atoms with Gasteiger partial charge in [-0.1, -0.05) is 57.6 Å². The van der Waals surface area contributed by atoms with Gasteiger partial charge in [0.1, 0.15) is 6.61 Å². The van der Waals surface area contributed by atoms with E-state index in [0.29, 0.717) is 11.8 Å². The highest BCUT2D eigenvalue weighted by atomic mass is 79.9. The van der Waals surface area contributed by atoms with Gasteiger partial charge in [-0.3, -0.25) is 4.98 Å². The smallest absolute Gasteiger partial charge is 0.274 e. The van der Waals surface area contributed by atoms with E-state index in [1.807, 2.05) is 43.5 Å². The molecule has 102 valence electrons. The second-order valence-electron chi connectivity index (χ2n) is 4.43. The minimum atomic E-state index is 0.538. The van der Waals surface area contributed by atoms with Crippen LogP contribution in [0, 0.1) is 6.92 Å². The zero-order chi connectivity index (χ0) is 13.9. The van der Waals surface area contributed by atoms with E-state index in [-0.39, 0.29) is 0 Å². The molecule has 0 bridgehead atoms. The molecule has 2 heterocycles. The second-order valence-corrected chi connectivity index (χ2v) is 5.96. The number of hydrogen-bond donors (Lipinski definition) is 0. The quantitative estimate of drug-likeness (QED) is 0.652. The normalized spacial score (nSPS) is 10.9. The van der Waals surface area contributed by atoms with E-state index in [1.54, 1.807) is 11.3 Å². The minimum absolute atomic E-state index is 0.538. The van der Waals surface area contributed by atoms with Crippen LogP contribution in [-0.4, -0.2) is 9.97 Å². The number of nitrogens with zero attached hydrogens (tertiary/aromatic N) is 2. The maximum Gasteiger partial charge on any atom is 0.274 e. The van der Waals surface area contributed by atoms with Crippen LogP contribution in [0.3, 0.4) is 0 Å². The largest absolute Gasteiger partial charge is 0.465 e. The van der Waals surface area contributed by atoms with Gasteiger partial charge in [0.2, 0.25) is 0 Å². The first-order chi connectivity index (χ1) is 9.78. The Kier molecular flexibility index (Phi) is 3.98. The number of benzene rings is 1. The maximum atomic E-state index is 5.80. The Balaban J connectivity index is 1.88. The molecule has 0 saturated heterocycles. The van der Waals surface area contributed by atoms with Crippen LogP contribution < -0.4 is 4.74 Å². The predicted molar refractivity (Wildman–Crippen MR) is 85.6 cm³/mol. The predicted octanol–water partition coefficient (Wildman–Crippen LogP) is 4.47. The lowest BCUT2D eigenvalue weighted by Gasteiger charge is -2.01. The zero-order valence-electron chi connectivity index (χ0n) is 11.0. The Morgan fingerprint density at radius 2 is 2.05 bits per heavy atom. The van der Waals surface area contributed by atoms with Crippen LogP contribution in [0.1, 0.15) is 16.8 Å². The van der Waals surface area contributed by atoms with E-state index in [4.69, 9.17) is 4.74 Å². The van der Waals surface area contributed by atoms with Crippen molar-refractivity contribution in [1.82, 2.24) is 9.97 Å². The van der Waals surface area contributed by atoms with Crippen LogP contribution in [0.15, 0.2) is 36.5 Å². The topological polar surface area (TPSA) is 35.0 Å². The zero-order valence-corrected chi connectivity index (χ0v) is 13.4. The van der Waals surface area contributed by atoms with E-state index < -0.39 is 0 Å². The van der Waals surface area contributed by atoms with Gasteiger partial charge in [-0.25, -0.2) is 4.98 Å². The molecule has 0 radical (unpaired) electrons. The first kappa shape index (κ1) is 13.5. The Bertz CT molecular complexity index is 727. The number of alkyl halides is 1. The minimum Gasteiger partial charge on any atom is -0.465 e. The molecule has 0 unspecified atom stereocenters. The van der Waals surface area contributed by atoms with E-state index in [1.165, 1.54) is 0 Å². The average molecular weight is 349 g/mol. The van der Waals surface area contributed by atoms with Crippen molar-refractivity contribution >= 4 is 37.5 Å². The SMILES string of the molecule is Cc1ncc(CBr)c2nc(OCc3ccccc3)sc12. The van der Waals surface area contributed by atoms with Gasteiger partial charge in [-0.2, -0.15) is 0 Å². The standard InChI is InChI=1S/C15H13BrN2OS/c1-10-14-13(12(7-16)8-17-10)18-15(20-14)19-9-11-5-3-2-4-6-11/h2-6,8H,7,9H2,1H3. The Hall–Kier alpha value is -1.46. The molecule has 0 aliphatic rings. The number of aryl methyl sites for hydroxylation is 1. The summed E-state index contributed by atoms with van der Waals surface area (Å²) in [6.07, 6.45) is 1.87. The van der Waals surface area contributed by atoms with E-state index in [2.05, 4.69) is 25.9 Å². The highest BCUT2D eigenvalue weighted by molar-refractivity contribution is 9.08. The molecular weight excluding hydrogens is 336 g/mol. The van der Waals surface area contributed by atoms with Crippen molar-refractivity contribution in [2.24, 2.45) is 0 Å². The van der Waals surface area contributed by atoms with Crippen LogP contribution in [0.25, 0.3) is 10.2 Å². The molecule has 0 aliphatic carbocycles. The number of hydrogen-bond acceptors (Lipinski definition) is 4. The van der Waals surface area contributed by atoms with Crippen molar-refractivity contribution in [1.29, 1.82) is 0 Å². The second kappa shape index (κ2) is 5.89. The molecule has 0 spiro atoms. The first-order valence-corrected chi connectivity index (χ1v) is 8.19. The Morgan fingerprint density at radius 1 is 1.25 bits per heavy atom. The highest BCUT2D eigenvalue weighted by Gasteiger charge is 2.11. The van der Waals surface area contributed by atoms with Crippen molar-refractivity contribution in [3.05, 3.63) is 53.3 Å². The van der Waals surface area contributed by atoms with Gasteiger partial charge in [0.25, 0.3) is 5.19 Å². The van der Waals surface area contributed by atoms with E-state index in [0.717, 1.165) is 32.4 Å². The Morgan fingerprint density at radius 3 is 2.80 bits per heavy atom. The van der Waals surface area contributed by atoms with Crippen molar-refractivity contribution in [2.75, 3.05) is 0 Å². The number of halogens is 1. The molecule has 3 rings (SSSR count). The van der Waals surface area contributed by atoms with Gasteiger partial charge in [-0.05, 0) is 12.5 Å². The molecule has 0 N–H and O–H groups in total. The third-order valence-electron chi connectivity index (χ3n) is 3.00. The summed E-state index contributed by atoms with van der Waals surface area (Å²) in [5, 5.41) is 1.45. The third kappa shape index (κ3) is 2.69. The molecule has 20 heavy (non-hydrogen) atoms. The summed E-state index contributed by atoms with van der Waals surface area (Å²) < 4.78 is 6.90. The van der Waals surface area contributed by atoms with Gasteiger partial charge in [0.05, 0.1) is 15.9 Å². The molecule has 0 saturated carbocycles. The number of rotatable bonds is 4. The number of fused-ring (bicyclic) bond motifs is 1. The summed E-state index contributed by atoms with van der Waals surface area (Å²) in [5.74, 6) is 0. The van der Waals surface area contributed by atoms with Gasteiger partial charge in [-0.15, -0.1) is 0 Å². The molecule has 0 amide bonds. The number of ether oxygens (including phenoxy) is 1. The highest BCUT2D eigenvalue weighted by Crippen LogP contribution is 2.32. The molecule has 0 atom stereocenters. The summed E-state index contributed by atoms with van der Waals surface area (Å²) in [4.78, 5) is 8.98. The van der Waals surface area contributed by atoms with E-state index >= 15 is 0 Å². The van der Waals surface area contributed by atoms with Gasteiger partial charge in [0.15, 0.2) is 0 Å². The van der Waals surface area contributed by atoms with Gasteiger partial charge >= 0.3 is 0 Å². The summed E-state index contributed by atoms with van der Waals surface area (Å²) in [6.45, 7) is 2.54. The van der Waals surface area contributed by atoms with Crippen LogP contribution in [0.4, 0.5) is 0 Å². The summed E-state index contributed by atoms with van der Waals surface area (Å²) in [5.41, 5.74) is 4.22. The average Bonchev–Trinajstić information content (AvgIpc) is 2.92. The summed E-state index contributed by atoms with van der Waals surface area (Å²) >= 11 is 5.03. The molecule has 0 fully saturated rings. The van der Waals surface area contributed by atoms with Crippen molar-refractivity contribution in [3.63, 3.8) is 0 Å². The lowest BCUT2D eigenvalue weighted by Crippen LogP contribution is -1.94. The molecule has 5 heteroatoms. The molecule has 3 aromatic rings. The van der Waals surface area contributed by atoms with Crippen LogP contribution in [0.5, 0.6) is 5.19 Å². The molecule has 3 nitrogen and oxygen atoms in total. The maximum absolute atomic E-state index is 5.80. The lowest BCUT2D eigenvalue weighted by molar-refractivity contribution is 0.305. The van der Waals surface area contributed by atoms with Crippen LogP contribution in [0.2, 0.25) is 0 Å². The number of pyridine rings is 1. The molecule has 0 aliphatic heterocycles. The summed E-state index contributed by atoms with van der Waals surface area (Å²) in [6, 6.07) is 10.1. The first-order valence-electron chi connectivity index (χ1n) is 6.25. The fourth-order valence-corrected chi connectivity index (χ4v) is 3.25. The van der Waals surface area contributed by atoms with Gasteiger partial charge in [0, 0.05) is 17.1 Å². The van der Waals surface area contributed by atoms with Crippen molar-refractivity contribution in [3.8, 4) is 5.19 Å². The summed E-state index contributed by atoms with van der Waals surface area (Å²) in [7, 11) is 0. The van der Waals surface area contributed by atoms with E-state index in [9.17, 15) is 0 Å². The lowest BCUT2D eigenvalue weighted by atomic mass is 10.2. The van der Waals surface area contributed by atoms with Crippen LogP contribution >= 0.6 is 27.3 Å². The Labute approximate surface area is 129 Å². The van der Waals surface area contributed by atoms with Crippen molar-refractivity contribution in [2.45, 2.75) is 18.9 Å². The monoisotopic (exact) mass is 348 g/mol. The van der Waals surface area contributed by atoms with Gasteiger partial charge < -0.3 is 4.74 Å².